The third-order valence-corrected chi connectivity index (χ3v) is 4.85. The van der Waals surface area contributed by atoms with Crippen LogP contribution in [0.4, 0.5) is 0 Å². The summed E-state index contributed by atoms with van der Waals surface area (Å²) in [6.07, 6.45) is 0.190. The summed E-state index contributed by atoms with van der Waals surface area (Å²) in [6, 6.07) is 18.6. The first kappa shape index (κ1) is 11.1. The van der Waals surface area contributed by atoms with Crippen molar-refractivity contribution in [2.24, 2.45) is 0 Å². The summed E-state index contributed by atoms with van der Waals surface area (Å²) in [5.41, 5.74) is 1.92. The molecule has 1 aliphatic rings. The average Bonchev–Trinajstić information content (AvgIpc) is 2.96. The second-order valence-electron chi connectivity index (χ2n) is 4.85. The van der Waals surface area contributed by atoms with Crippen molar-refractivity contribution >= 4 is 21.6 Å². The number of hydrogen-bond donors (Lipinski definition) is 0. The standard InChI is InChI=1S/C16H13NOS/c1-11-16(18-11,12-7-3-2-4-8-12)15-17-13-9-5-6-10-14(13)19-15/h2-11H,1H3/t11-,16-/m1/s1. The molecular formula is C16H13NOS. The summed E-state index contributed by atoms with van der Waals surface area (Å²) >= 11 is 1.73. The van der Waals surface area contributed by atoms with Gasteiger partial charge in [-0.25, -0.2) is 4.98 Å². The minimum atomic E-state index is -0.328. The van der Waals surface area contributed by atoms with Crippen LogP contribution in [0.5, 0.6) is 0 Å². The molecule has 1 fully saturated rings. The van der Waals surface area contributed by atoms with Crippen LogP contribution in [0.15, 0.2) is 54.6 Å². The van der Waals surface area contributed by atoms with E-state index in [1.165, 1.54) is 10.3 Å². The molecule has 2 nitrogen and oxygen atoms in total. The van der Waals surface area contributed by atoms with Gasteiger partial charge in [0.2, 0.25) is 0 Å². The number of thiazole rings is 1. The highest BCUT2D eigenvalue weighted by Crippen LogP contribution is 2.53. The predicted octanol–water partition coefficient (Wildman–Crippen LogP) is 3.96. The molecule has 1 aliphatic heterocycles. The average molecular weight is 267 g/mol. The van der Waals surface area contributed by atoms with Crippen LogP contribution in [-0.4, -0.2) is 11.1 Å². The second kappa shape index (κ2) is 3.89. The van der Waals surface area contributed by atoms with Gasteiger partial charge in [0.1, 0.15) is 5.01 Å². The molecule has 2 heterocycles. The summed E-state index contributed by atoms with van der Waals surface area (Å²) in [4.78, 5) is 4.77. The van der Waals surface area contributed by atoms with Crippen LogP contribution in [0.2, 0.25) is 0 Å². The lowest BCUT2D eigenvalue weighted by Gasteiger charge is -2.09. The minimum Gasteiger partial charge on any atom is -0.353 e. The van der Waals surface area contributed by atoms with Gasteiger partial charge in [0.05, 0.1) is 16.3 Å². The van der Waals surface area contributed by atoms with Gasteiger partial charge < -0.3 is 4.74 Å². The van der Waals surface area contributed by atoms with Gasteiger partial charge in [-0.15, -0.1) is 11.3 Å². The van der Waals surface area contributed by atoms with Gasteiger partial charge in [0.25, 0.3) is 0 Å². The maximum absolute atomic E-state index is 5.95. The third-order valence-electron chi connectivity index (χ3n) is 3.69. The first-order valence-electron chi connectivity index (χ1n) is 6.40. The Kier molecular flexibility index (Phi) is 2.28. The topological polar surface area (TPSA) is 25.4 Å². The fourth-order valence-electron chi connectivity index (χ4n) is 2.61. The Labute approximate surface area is 115 Å². The molecule has 2 atom stereocenters. The normalized spacial score (nSPS) is 25.6. The van der Waals surface area contributed by atoms with Crippen molar-refractivity contribution in [2.75, 3.05) is 0 Å². The number of benzene rings is 2. The van der Waals surface area contributed by atoms with Gasteiger partial charge in [0, 0.05) is 0 Å². The number of para-hydroxylation sites is 1. The van der Waals surface area contributed by atoms with Gasteiger partial charge in [-0.05, 0) is 24.6 Å². The molecule has 0 radical (unpaired) electrons. The monoisotopic (exact) mass is 267 g/mol. The molecular weight excluding hydrogens is 254 g/mol. The molecule has 4 rings (SSSR count). The van der Waals surface area contributed by atoms with Crippen molar-refractivity contribution in [3.05, 3.63) is 65.2 Å². The predicted molar refractivity (Wildman–Crippen MR) is 77.4 cm³/mol. The van der Waals surface area contributed by atoms with Crippen molar-refractivity contribution < 1.29 is 4.74 Å². The number of rotatable bonds is 2. The SMILES string of the molecule is C[C@H]1O[C@]1(c1ccccc1)c1nc2ccccc2s1. The zero-order valence-corrected chi connectivity index (χ0v) is 11.4. The summed E-state index contributed by atoms with van der Waals surface area (Å²) < 4.78 is 7.17. The van der Waals surface area contributed by atoms with Gasteiger partial charge in [-0.1, -0.05) is 42.5 Å². The van der Waals surface area contributed by atoms with E-state index in [4.69, 9.17) is 9.72 Å². The van der Waals surface area contributed by atoms with Crippen LogP contribution in [-0.2, 0) is 10.3 Å². The highest BCUT2D eigenvalue weighted by Gasteiger charge is 2.58. The van der Waals surface area contributed by atoms with Crippen LogP contribution in [0, 0.1) is 0 Å². The van der Waals surface area contributed by atoms with E-state index in [-0.39, 0.29) is 11.7 Å². The highest BCUT2D eigenvalue weighted by atomic mass is 32.1. The maximum atomic E-state index is 5.95. The van der Waals surface area contributed by atoms with Gasteiger partial charge >= 0.3 is 0 Å². The number of hydrogen-bond acceptors (Lipinski definition) is 3. The quantitative estimate of drug-likeness (QED) is 0.657. The summed E-state index contributed by atoms with van der Waals surface area (Å²) in [5, 5.41) is 1.06. The van der Waals surface area contributed by atoms with Crippen LogP contribution >= 0.6 is 11.3 Å². The molecule has 94 valence electrons. The number of aromatic nitrogens is 1. The molecule has 3 aromatic rings. The number of nitrogens with zero attached hydrogens (tertiary/aromatic N) is 1. The van der Waals surface area contributed by atoms with Crippen molar-refractivity contribution in [1.82, 2.24) is 4.98 Å². The Bertz CT molecular complexity index is 704. The number of fused-ring (bicyclic) bond motifs is 1. The molecule has 1 aromatic heterocycles. The van der Waals surface area contributed by atoms with Gasteiger partial charge in [-0.2, -0.15) is 0 Å². The molecule has 0 spiro atoms. The van der Waals surface area contributed by atoms with E-state index in [2.05, 4.69) is 49.4 Å². The lowest BCUT2D eigenvalue weighted by molar-refractivity contribution is 0.332. The van der Waals surface area contributed by atoms with Crippen molar-refractivity contribution in [3.63, 3.8) is 0 Å². The summed E-state index contributed by atoms with van der Waals surface area (Å²) in [7, 11) is 0. The molecule has 0 bridgehead atoms. The van der Waals surface area contributed by atoms with E-state index in [1.54, 1.807) is 11.3 Å². The van der Waals surface area contributed by atoms with Crippen LogP contribution in [0.1, 0.15) is 17.5 Å². The molecule has 0 N–H and O–H groups in total. The highest BCUT2D eigenvalue weighted by molar-refractivity contribution is 7.18. The van der Waals surface area contributed by atoms with E-state index in [0.29, 0.717) is 0 Å². The van der Waals surface area contributed by atoms with E-state index in [1.807, 2.05) is 12.1 Å². The van der Waals surface area contributed by atoms with E-state index in [0.717, 1.165) is 10.5 Å². The molecule has 2 aromatic carbocycles. The molecule has 0 unspecified atom stereocenters. The van der Waals surface area contributed by atoms with Crippen LogP contribution in [0.25, 0.3) is 10.2 Å². The van der Waals surface area contributed by atoms with Crippen molar-refractivity contribution in [2.45, 2.75) is 18.6 Å². The summed E-state index contributed by atoms with van der Waals surface area (Å²) in [6.45, 7) is 2.11. The first-order valence-corrected chi connectivity index (χ1v) is 7.22. The van der Waals surface area contributed by atoms with Gasteiger partial charge in [-0.3, -0.25) is 0 Å². The Hall–Kier alpha value is -1.71. The van der Waals surface area contributed by atoms with Crippen LogP contribution in [0.3, 0.4) is 0 Å². The summed E-state index contributed by atoms with van der Waals surface area (Å²) in [5.74, 6) is 0. The number of ether oxygens (including phenoxy) is 1. The van der Waals surface area contributed by atoms with Crippen molar-refractivity contribution in [3.8, 4) is 0 Å². The fourth-order valence-corrected chi connectivity index (χ4v) is 3.81. The lowest BCUT2D eigenvalue weighted by atomic mass is 9.97. The number of epoxide rings is 1. The smallest absolute Gasteiger partial charge is 0.171 e. The minimum absolute atomic E-state index is 0.190. The first-order chi connectivity index (χ1) is 9.30. The third kappa shape index (κ3) is 1.55. The maximum Gasteiger partial charge on any atom is 0.171 e. The Balaban J connectivity index is 1.90. The zero-order chi connectivity index (χ0) is 12.9. The van der Waals surface area contributed by atoms with E-state index in [9.17, 15) is 0 Å². The molecule has 1 saturated heterocycles. The molecule has 0 amide bonds. The Morgan fingerprint density at radius 3 is 2.42 bits per heavy atom. The van der Waals surface area contributed by atoms with Crippen molar-refractivity contribution in [1.29, 1.82) is 0 Å². The lowest BCUT2D eigenvalue weighted by Crippen LogP contribution is -2.13. The Morgan fingerprint density at radius 2 is 1.74 bits per heavy atom. The van der Waals surface area contributed by atoms with Gasteiger partial charge in [0.15, 0.2) is 5.60 Å². The molecule has 0 aliphatic carbocycles. The zero-order valence-electron chi connectivity index (χ0n) is 10.5. The second-order valence-corrected chi connectivity index (χ2v) is 5.88. The van der Waals surface area contributed by atoms with E-state index >= 15 is 0 Å². The van der Waals surface area contributed by atoms with Crippen LogP contribution < -0.4 is 0 Å². The molecule has 0 saturated carbocycles. The Morgan fingerprint density at radius 1 is 1.05 bits per heavy atom. The molecule has 19 heavy (non-hydrogen) atoms. The fraction of sp³-hybridized carbons (Fsp3) is 0.188. The molecule has 3 heteroatoms. The largest absolute Gasteiger partial charge is 0.353 e. The van der Waals surface area contributed by atoms with E-state index < -0.39 is 0 Å².